The van der Waals surface area contributed by atoms with Crippen molar-refractivity contribution in [2.45, 2.75) is 19.1 Å². The molecule has 0 bridgehead atoms. The largest absolute Gasteiger partial charge is 0.508 e. The zero-order valence-electron chi connectivity index (χ0n) is 11.4. The number of rotatable bonds is 3. The number of nitrogens with one attached hydrogen (secondary N) is 1. The predicted molar refractivity (Wildman–Crippen MR) is 74.2 cm³/mol. The molecular formula is C15H20N2O3. The number of amides is 1. The van der Waals surface area contributed by atoms with Crippen LogP contribution in [0.15, 0.2) is 24.3 Å². The van der Waals surface area contributed by atoms with Gasteiger partial charge in [-0.15, -0.1) is 0 Å². The first-order chi connectivity index (χ1) is 9.72. The molecule has 2 N–H and O–H groups in total. The number of hydrogen-bond acceptors (Lipinski definition) is 4. The molecule has 20 heavy (non-hydrogen) atoms. The Morgan fingerprint density at radius 1 is 1.45 bits per heavy atom. The standard InChI is InChI=1S/C15H20N2O3/c18-13-3-1-2-11(6-13)8-17-9-14(20-10-15(17)19)12-4-5-16-7-12/h1-3,6,12,14,16,18H,4-5,7-10H2. The molecule has 1 aromatic carbocycles. The highest BCUT2D eigenvalue weighted by molar-refractivity contribution is 5.78. The minimum Gasteiger partial charge on any atom is -0.508 e. The average Bonchev–Trinajstić information content (AvgIpc) is 2.95. The molecule has 2 aliphatic heterocycles. The van der Waals surface area contributed by atoms with E-state index in [2.05, 4.69) is 5.32 Å². The van der Waals surface area contributed by atoms with Gasteiger partial charge in [0.15, 0.2) is 0 Å². The molecule has 0 aromatic heterocycles. The molecule has 2 heterocycles. The van der Waals surface area contributed by atoms with E-state index in [0.29, 0.717) is 19.0 Å². The zero-order chi connectivity index (χ0) is 13.9. The number of carbonyl (C=O) groups is 1. The van der Waals surface area contributed by atoms with Gasteiger partial charge >= 0.3 is 0 Å². The van der Waals surface area contributed by atoms with Gasteiger partial charge < -0.3 is 20.1 Å². The Morgan fingerprint density at radius 2 is 2.35 bits per heavy atom. The number of nitrogens with zero attached hydrogens (tertiary/aromatic N) is 1. The summed E-state index contributed by atoms with van der Waals surface area (Å²) in [5.74, 6) is 0.755. The van der Waals surface area contributed by atoms with E-state index in [1.54, 1.807) is 18.2 Å². The average molecular weight is 276 g/mol. The van der Waals surface area contributed by atoms with Gasteiger partial charge in [0.05, 0.1) is 6.10 Å². The Balaban J connectivity index is 1.66. The summed E-state index contributed by atoms with van der Waals surface area (Å²) in [4.78, 5) is 13.8. The number of aromatic hydroxyl groups is 1. The van der Waals surface area contributed by atoms with Crippen molar-refractivity contribution in [3.8, 4) is 5.75 Å². The molecule has 3 rings (SSSR count). The summed E-state index contributed by atoms with van der Waals surface area (Å²) in [5.41, 5.74) is 0.948. The normalized spacial score (nSPS) is 27.0. The quantitative estimate of drug-likeness (QED) is 0.854. The van der Waals surface area contributed by atoms with Gasteiger partial charge in [-0.3, -0.25) is 4.79 Å². The van der Waals surface area contributed by atoms with Crippen molar-refractivity contribution in [2.24, 2.45) is 5.92 Å². The number of phenolic OH excluding ortho intramolecular Hbond substituents is 1. The monoisotopic (exact) mass is 276 g/mol. The Hall–Kier alpha value is -1.59. The summed E-state index contributed by atoms with van der Waals surface area (Å²) in [7, 11) is 0. The van der Waals surface area contributed by atoms with Gasteiger partial charge in [0, 0.05) is 25.6 Å². The summed E-state index contributed by atoms with van der Waals surface area (Å²) in [6.07, 6.45) is 1.23. The molecule has 5 heteroatoms. The predicted octanol–water partition coefficient (Wildman–Crippen LogP) is 0.729. The topological polar surface area (TPSA) is 61.8 Å². The van der Waals surface area contributed by atoms with Crippen LogP contribution in [0.1, 0.15) is 12.0 Å². The van der Waals surface area contributed by atoms with Crippen molar-refractivity contribution in [1.29, 1.82) is 0 Å². The van der Waals surface area contributed by atoms with Crippen molar-refractivity contribution < 1.29 is 14.6 Å². The highest BCUT2D eigenvalue weighted by atomic mass is 16.5. The summed E-state index contributed by atoms with van der Waals surface area (Å²) >= 11 is 0. The second kappa shape index (κ2) is 5.81. The van der Waals surface area contributed by atoms with Gasteiger partial charge in [-0.2, -0.15) is 0 Å². The van der Waals surface area contributed by atoms with Gasteiger partial charge in [0.25, 0.3) is 0 Å². The highest BCUT2D eigenvalue weighted by Gasteiger charge is 2.33. The smallest absolute Gasteiger partial charge is 0.248 e. The van der Waals surface area contributed by atoms with Crippen LogP contribution in [0.5, 0.6) is 5.75 Å². The minimum atomic E-state index is 0.0237. The van der Waals surface area contributed by atoms with Crippen molar-refractivity contribution in [1.82, 2.24) is 10.2 Å². The van der Waals surface area contributed by atoms with Crippen LogP contribution in [0.3, 0.4) is 0 Å². The third-order valence-electron chi connectivity index (χ3n) is 4.08. The molecule has 108 valence electrons. The Kier molecular flexibility index (Phi) is 3.89. The van der Waals surface area contributed by atoms with Gasteiger partial charge in [-0.1, -0.05) is 12.1 Å². The zero-order valence-corrected chi connectivity index (χ0v) is 11.4. The third-order valence-corrected chi connectivity index (χ3v) is 4.08. The molecule has 2 saturated heterocycles. The van der Waals surface area contributed by atoms with Gasteiger partial charge in [-0.25, -0.2) is 0 Å². The van der Waals surface area contributed by atoms with Crippen LogP contribution in [0.25, 0.3) is 0 Å². The molecular weight excluding hydrogens is 256 g/mol. The molecule has 2 fully saturated rings. The molecule has 1 aromatic rings. The molecule has 0 radical (unpaired) electrons. The van der Waals surface area contributed by atoms with Crippen molar-refractivity contribution in [3.63, 3.8) is 0 Å². The Morgan fingerprint density at radius 3 is 3.10 bits per heavy atom. The maximum atomic E-state index is 12.0. The second-order valence-electron chi connectivity index (χ2n) is 5.55. The minimum absolute atomic E-state index is 0.0237. The number of benzene rings is 1. The third kappa shape index (κ3) is 2.94. The Bertz CT molecular complexity index is 486. The first-order valence-corrected chi connectivity index (χ1v) is 7.10. The molecule has 2 unspecified atom stereocenters. The fourth-order valence-corrected chi connectivity index (χ4v) is 2.95. The number of carbonyl (C=O) groups excluding carboxylic acids is 1. The van der Waals surface area contributed by atoms with Crippen LogP contribution in [-0.2, 0) is 16.1 Å². The van der Waals surface area contributed by atoms with E-state index in [1.807, 2.05) is 11.0 Å². The maximum absolute atomic E-state index is 12.0. The fourth-order valence-electron chi connectivity index (χ4n) is 2.95. The molecule has 5 nitrogen and oxygen atoms in total. The summed E-state index contributed by atoms with van der Waals surface area (Å²) in [6, 6.07) is 7.06. The van der Waals surface area contributed by atoms with Crippen molar-refractivity contribution in [2.75, 3.05) is 26.2 Å². The summed E-state index contributed by atoms with van der Waals surface area (Å²) < 4.78 is 5.69. The van der Waals surface area contributed by atoms with Crippen LogP contribution in [-0.4, -0.2) is 48.3 Å². The van der Waals surface area contributed by atoms with Crippen LogP contribution < -0.4 is 5.32 Å². The van der Waals surface area contributed by atoms with E-state index >= 15 is 0 Å². The number of hydrogen-bond donors (Lipinski definition) is 2. The number of morpholine rings is 1. The lowest BCUT2D eigenvalue weighted by molar-refractivity contribution is -0.152. The first kappa shape index (κ1) is 13.4. The van der Waals surface area contributed by atoms with Gasteiger partial charge in [0.2, 0.25) is 5.91 Å². The van der Waals surface area contributed by atoms with E-state index < -0.39 is 0 Å². The Labute approximate surface area is 118 Å². The SMILES string of the molecule is O=C1COC(C2CCNC2)CN1Cc1cccc(O)c1. The van der Waals surface area contributed by atoms with E-state index in [-0.39, 0.29) is 24.4 Å². The van der Waals surface area contributed by atoms with E-state index in [0.717, 1.165) is 25.1 Å². The number of ether oxygens (including phenoxy) is 1. The van der Waals surface area contributed by atoms with Crippen LogP contribution in [0, 0.1) is 5.92 Å². The van der Waals surface area contributed by atoms with Gasteiger partial charge in [-0.05, 0) is 30.7 Å². The van der Waals surface area contributed by atoms with E-state index in [1.165, 1.54) is 0 Å². The number of phenols is 1. The first-order valence-electron chi connectivity index (χ1n) is 7.10. The lowest BCUT2D eigenvalue weighted by Gasteiger charge is -2.35. The lowest BCUT2D eigenvalue weighted by atomic mass is 9.99. The fraction of sp³-hybridized carbons (Fsp3) is 0.533. The van der Waals surface area contributed by atoms with Crippen LogP contribution >= 0.6 is 0 Å². The molecule has 2 aliphatic rings. The summed E-state index contributed by atoms with van der Waals surface area (Å²) in [5, 5.41) is 12.8. The molecule has 0 spiro atoms. The molecule has 1 amide bonds. The van der Waals surface area contributed by atoms with Crippen molar-refractivity contribution >= 4 is 5.91 Å². The highest BCUT2D eigenvalue weighted by Crippen LogP contribution is 2.22. The lowest BCUT2D eigenvalue weighted by Crippen LogP contribution is -2.49. The second-order valence-corrected chi connectivity index (χ2v) is 5.55. The summed E-state index contributed by atoms with van der Waals surface area (Å²) in [6.45, 7) is 3.35. The van der Waals surface area contributed by atoms with Gasteiger partial charge in [0.1, 0.15) is 12.4 Å². The molecule has 0 aliphatic carbocycles. The molecule has 0 saturated carbocycles. The van der Waals surface area contributed by atoms with Crippen LogP contribution in [0.4, 0.5) is 0 Å². The maximum Gasteiger partial charge on any atom is 0.248 e. The van der Waals surface area contributed by atoms with Crippen molar-refractivity contribution in [3.05, 3.63) is 29.8 Å². The van der Waals surface area contributed by atoms with E-state index in [9.17, 15) is 9.90 Å². The molecule has 2 atom stereocenters. The van der Waals surface area contributed by atoms with E-state index in [4.69, 9.17) is 4.74 Å². The van der Waals surface area contributed by atoms with Crippen LogP contribution in [0.2, 0.25) is 0 Å².